The van der Waals surface area contributed by atoms with Crippen molar-refractivity contribution < 1.29 is 22.7 Å². The number of halogens is 3. The Morgan fingerprint density at radius 3 is 2.48 bits per heavy atom. The van der Waals surface area contributed by atoms with Crippen molar-refractivity contribution in [1.29, 1.82) is 0 Å². The molecule has 1 aliphatic heterocycles. The minimum atomic E-state index is -4.37. The first-order valence-corrected chi connectivity index (χ1v) is 8.09. The Kier molecular flexibility index (Phi) is 4.70. The Morgan fingerprint density at radius 2 is 1.84 bits per heavy atom. The fourth-order valence-corrected chi connectivity index (χ4v) is 3.09. The molecule has 3 rings (SSSR count). The van der Waals surface area contributed by atoms with Crippen molar-refractivity contribution in [2.45, 2.75) is 19.5 Å². The molecule has 1 atom stereocenters. The van der Waals surface area contributed by atoms with E-state index in [4.69, 9.17) is 4.74 Å². The van der Waals surface area contributed by atoms with Crippen LogP contribution in [0.2, 0.25) is 0 Å². The Morgan fingerprint density at radius 1 is 1.16 bits per heavy atom. The summed E-state index contributed by atoms with van der Waals surface area (Å²) in [5.74, 6) is -0.633. The molecule has 0 saturated heterocycles. The van der Waals surface area contributed by atoms with Gasteiger partial charge in [0, 0.05) is 17.9 Å². The van der Waals surface area contributed by atoms with Gasteiger partial charge in [-0.2, -0.15) is 13.2 Å². The van der Waals surface area contributed by atoms with Crippen molar-refractivity contribution in [2.75, 3.05) is 18.1 Å². The third-order valence-electron chi connectivity index (χ3n) is 4.28. The second-order valence-electron chi connectivity index (χ2n) is 5.94. The summed E-state index contributed by atoms with van der Waals surface area (Å²) in [5, 5.41) is 0. The predicted molar refractivity (Wildman–Crippen MR) is 88.7 cm³/mol. The molecule has 2 aromatic rings. The van der Waals surface area contributed by atoms with Crippen LogP contribution in [-0.4, -0.2) is 19.1 Å². The lowest BCUT2D eigenvalue weighted by molar-refractivity contribution is -0.147. The zero-order valence-corrected chi connectivity index (χ0v) is 13.7. The van der Waals surface area contributed by atoms with Crippen LogP contribution in [0.15, 0.2) is 48.5 Å². The van der Waals surface area contributed by atoms with Crippen molar-refractivity contribution >= 4 is 17.3 Å². The zero-order valence-electron chi connectivity index (χ0n) is 13.7. The molecule has 132 valence electrons. The Bertz CT molecular complexity index is 756. The van der Waals surface area contributed by atoms with Crippen molar-refractivity contribution in [3.05, 3.63) is 59.7 Å². The number of nitrogens with zero attached hydrogens (tertiary/aromatic N) is 1. The summed E-state index contributed by atoms with van der Waals surface area (Å²) < 4.78 is 43.5. The number of fused-ring (bicyclic) bond motifs is 1. The van der Waals surface area contributed by atoms with Gasteiger partial charge in [0.15, 0.2) is 0 Å². The molecule has 0 saturated carbocycles. The molecule has 0 amide bonds. The Labute approximate surface area is 144 Å². The first-order chi connectivity index (χ1) is 11.9. The van der Waals surface area contributed by atoms with Crippen LogP contribution < -0.4 is 4.90 Å². The maximum atomic E-state index is 12.8. The van der Waals surface area contributed by atoms with Gasteiger partial charge < -0.3 is 9.64 Å². The molecule has 1 aliphatic rings. The third kappa shape index (κ3) is 3.62. The molecule has 25 heavy (non-hydrogen) atoms. The number of hydrogen-bond donors (Lipinski definition) is 0. The van der Waals surface area contributed by atoms with E-state index in [1.165, 1.54) is 12.1 Å². The Balaban J connectivity index is 1.94. The molecule has 0 aromatic heterocycles. The van der Waals surface area contributed by atoms with Gasteiger partial charge in [0.05, 0.1) is 18.1 Å². The van der Waals surface area contributed by atoms with Crippen molar-refractivity contribution in [3.63, 3.8) is 0 Å². The first kappa shape index (κ1) is 17.3. The second-order valence-corrected chi connectivity index (χ2v) is 5.94. The Hall–Kier alpha value is -2.50. The third-order valence-corrected chi connectivity index (χ3v) is 4.28. The van der Waals surface area contributed by atoms with Gasteiger partial charge in [0.1, 0.15) is 0 Å². The number of alkyl halides is 3. The lowest BCUT2D eigenvalue weighted by atomic mass is 9.92. The minimum Gasteiger partial charge on any atom is -0.466 e. The largest absolute Gasteiger partial charge is 0.466 e. The molecule has 0 radical (unpaired) electrons. The summed E-state index contributed by atoms with van der Waals surface area (Å²) in [6.07, 6.45) is -3.81. The fourth-order valence-electron chi connectivity index (χ4n) is 3.09. The smallest absolute Gasteiger partial charge is 0.416 e. The maximum absolute atomic E-state index is 12.8. The van der Waals surface area contributed by atoms with Crippen LogP contribution >= 0.6 is 0 Å². The van der Waals surface area contributed by atoms with Gasteiger partial charge in [-0.25, -0.2) is 0 Å². The quantitative estimate of drug-likeness (QED) is 0.760. The first-order valence-electron chi connectivity index (χ1n) is 8.09. The van der Waals surface area contributed by atoms with Crippen LogP contribution in [0.1, 0.15) is 18.1 Å². The lowest BCUT2D eigenvalue weighted by Gasteiger charge is -2.35. The number of carbonyl (C=O) groups is 1. The molecule has 0 aliphatic carbocycles. The minimum absolute atomic E-state index is 0.283. The number of para-hydroxylation sites is 1. The zero-order chi connectivity index (χ0) is 18.0. The highest BCUT2D eigenvalue weighted by atomic mass is 19.4. The topological polar surface area (TPSA) is 29.5 Å². The molecule has 0 fully saturated rings. The number of esters is 1. The van der Waals surface area contributed by atoms with E-state index in [2.05, 4.69) is 0 Å². The normalized spacial score (nSPS) is 17.1. The van der Waals surface area contributed by atoms with E-state index in [0.717, 1.165) is 23.4 Å². The summed E-state index contributed by atoms with van der Waals surface area (Å²) in [7, 11) is 0. The van der Waals surface area contributed by atoms with Crippen LogP contribution in [0, 0.1) is 5.92 Å². The van der Waals surface area contributed by atoms with Gasteiger partial charge in [-0.15, -0.1) is 0 Å². The number of anilines is 2. The van der Waals surface area contributed by atoms with Gasteiger partial charge in [-0.1, -0.05) is 18.2 Å². The maximum Gasteiger partial charge on any atom is 0.416 e. The molecule has 0 bridgehead atoms. The number of rotatable bonds is 3. The van der Waals surface area contributed by atoms with Gasteiger partial charge in [0.25, 0.3) is 0 Å². The molecule has 0 spiro atoms. The predicted octanol–water partition coefficient (Wildman–Crippen LogP) is 4.58. The van der Waals surface area contributed by atoms with E-state index < -0.39 is 11.7 Å². The summed E-state index contributed by atoms with van der Waals surface area (Å²) in [5.41, 5.74) is 1.81. The van der Waals surface area contributed by atoms with Crippen LogP contribution in [0.5, 0.6) is 0 Å². The highest BCUT2D eigenvalue weighted by Crippen LogP contribution is 2.37. The van der Waals surface area contributed by atoms with Crippen LogP contribution in [0.25, 0.3) is 0 Å². The van der Waals surface area contributed by atoms with Crippen LogP contribution in [-0.2, 0) is 22.1 Å². The number of hydrogen-bond acceptors (Lipinski definition) is 3. The van der Waals surface area contributed by atoms with Crippen LogP contribution in [0.3, 0.4) is 0 Å². The number of benzene rings is 2. The highest BCUT2D eigenvalue weighted by molar-refractivity contribution is 5.78. The second kappa shape index (κ2) is 6.78. The molecular weight excluding hydrogens is 331 g/mol. The van der Waals surface area contributed by atoms with Crippen LogP contribution in [0.4, 0.5) is 24.5 Å². The van der Waals surface area contributed by atoms with E-state index in [1.807, 2.05) is 29.2 Å². The molecule has 6 heteroatoms. The summed E-state index contributed by atoms with van der Waals surface area (Å²) in [6.45, 7) is 2.43. The van der Waals surface area contributed by atoms with Crippen molar-refractivity contribution in [3.8, 4) is 0 Å². The van der Waals surface area contributed by atoms with E-state index >= 15 is 0 Å². The fraction of sp³-hybridized carbons (Fsp3) is 0.316. The molecule has 3 nitrogen and oxygen atoms in total. The molecule has 1 heterocycles. The monoisotopic (exact) mass is 349 g/mol. The van der Waals surface area contributed by atoms with Gasteiger partial charge >= 0.3 is 12.1 Å². The van der Waals surface area contributed by atoms with Crippen molar-refractivity contribution in [1.82, 2.24) is 0 Å². The average molecular weight is 349 g/mol. The summed E-state index contributed by atoms with van der Waals surface area (Å²) in [6, 6.07) is 12.6. The highest BCUT2D eigenvalue weighted by Gasteiger charge is 2.32. The molecule has 1 unspecified atom stereocenters. The van der Waals surface area contributed by atoms with Gasteiger partial charge in [0.2, 0.25) is 0 Å². The lowest BCUT2D eigenvalue weighted by Crippen LogP contribution is -2.37. The van der Waals surface area contributed by atoms with Crippen molar-refractivity contribution in [2.24, 2.45) is 5.92 Å². The van der Waals surface area contributed by atoms with E-state index in [1.54, 1.807) is 6.92 Å². The van der Waals surface area contributed by atoms with Gasteiger partial charge in [-0.3, -0.25) is 4.79 Å². The number of ether oxygens (including phenoxy) is 1. The van der Waals surface area contributed by atoms with E-state index in [0.29, 0.717) is 25.3 Å². The SMILES string of the molecule is CCOC(=O)C1Cc2ccccc2N(c2ccc(C(F)(F)F)cc2)C1. The molecule has 2 aromatic carbocycles. The summed E-state index contributed by atoms with van der Waals surface area (Å²) >= 11 is 0. The summed E-state index contributed by atoms with van der Waals surface area (Å²) in [4.78, 5) is 14.0. The molecule has 0 N–H and O–H groups in total. The van der Waals surface area contributed by atoms with Gasteiger partial charge in [-0.05, 0) is 49.2 Å². The average Bonchev–Trinajstić information content (AvgIpc) is 2.60. The molecular formula is C19H18F3NO2. The standard InChI is InChI=1S/C19H18F3NO2/c1-2-25-18(24)14-11-13-5-3-4-6-17(13)23(12-14)16-9-7-15(8-10-16)19(20,21)22/h3-10,14H,2,11-12H2,1H3. The van der Waals surface area contributed by atoms with E-state index in [9.17, 15) is 18.0 Å². The van der Waals surface area contributed by atoms with E-state index in [-0.39, 0.29) is 11.9 Å². The number of carbonyl (C=O) groups excluding carboxylic acids is 1.